The van der Waals surface area contributed by atoms with Gasteiger partial charge in [-0.1, -0.05) is 364 Å². The number of carbonyl (C=O) groups is 4. The van der Waals surface area contributed by atoms with Crippen molar-refractivity contribution in [3.05, 3.63) is 0 Å². The van der Waals surface area contributed by atoms with Crippen LogP contribution in [0.2, 0.25) is 0 Å². The predicted molar refractivity (Wildman–Crippen MR) is 409 cm³/mol. The van der Waals surface area contributed by atoms with Gasteiger partial charge in [-0.05, 0) is 49.4 Å². The number of carbonyl (C=O) groups excluding carboxylic acids is 4. The SMILES string of the molecule is CCC(C)CCCCCCCCC(=O)OC[C@H](COP(=O)(O)OC[C@H](O)COP(=O)(O)OC[C@@H](COC(=O)CCCCCCCCCCCC(C)C)OC(=O)CCCCCCCCCCCCCCCCCCCCC(C)C)OC(=O)CCCCCCCCCCCCCCCCC(C)C. The monoisotopic (exact) mass is 1470 g/mol. The highest BCUT2D eigenvalue weighted by Gasteiger charge is 2.30. The average molecular weight is 1470 g/mol. The summed E-state index contributed by atoms with van der Waals surface area (Å²) in [5, 5.41) is 10.6. The molecule has 0 radical (unpaired) electrons. The number of aliphatic hydroxyl groups excluding tert-OH is 1. The summed E-state index contributed by atoms with van der Waals surface area (Å²) >= 11 is 0. The number of aliphatic hydroxyl groups is 1. The lowest BCUT2D eigenvalue weighted by Crippen LogP contribution is -2.30. The number of ether oxygens (including phenoxy) is 4. The van der Waals surface area contributed by atoms with E-state index in [0.717, 1.165) is 120 Å². The van der Waals surface area contributed by atoms with Crippen LogP contribution in [0.4, 0.5) is 0 Å². The third-order valence-electron chi connectivity index (χ3n) is 19.2. The maximum absolute atomic E-state index is 13.1. The molecule has 0 spiro atoms. The molecule has 3 N–H and O–H groups in total. The van der Waals surface area contributed by atoms with Crippen LogP contribution in [0, 0.1) is 23.7 Å². The van der Waals surface area contributed by atoms with Crippen LogP contribution in [-0.2, 0) is 65.4 Å². The lowest BCUT2D eigenvalue weighted by molar-refractivity contribution is -0.161. The number of hydrogen-bond donors (Lipinski definition) is 3. The summed E-state index contributed by atoms with van der Waals surface area (Å²) in [4.78, 5) is 73.0. The summed E-state index contributed by atoms with van der Waals surface area (Å²) < 4.78 is 68.7. The van der Waals surface area contributed by atoms with Gasteiger partial charge < -0.3 is 33.8 Å². The van der Waals surface area contributed by atoms with Crippen LogP contribution in [-0.4, -0.2) is 96.7 Å². The van der Waals surface area contributed by atoms with Gasteiger partial charge in [-0.3, -0.25) is 37.3 Å². The molecule has 0 aromatic carbocycles. The summed E-state index contributed by atoms with van der Waals surface area (Å²) in [5.41, 5.74) is 0. The van der Waals surface area contributed by atoms with Crippen molar-refractivity contribution in [1.29, 1.82) is 0 Å². The molecule has 0 fully saturated rings. The third-order valence-corrected chi connectivity index (χ3v) is 21.1. The Morgan fingerprint density at radius 1 is 0.280 bits per heavy atom. The number of rotatable bonds is 78. The molecular formula is C81H158O17P2. The third kappa shape index (κ3) is 73.0. The van der Waals surface area contributed by atoms with E-state index >= 15 is 0 Å². The molecule has 0 aromatic rings. The summed E-state index contributed by atoms with van der Waals surface area (Å²) in [7, 11) is -9.92. The van der Waals surface area contributed by atoms with Gasteiger partial charge in [0.2, 0.25) is 0 Å². The van der Waals surface area contributed by atoms with E-state index in [1.807, 2.05) is 0 Å². The zero-order valence-electron chi connectivity index (χ0n) is 65.8. The van der Waals surface area contributed by atoms with Gasteiger partial charge in [0.05, 0.1) is 26.4 Å². The zero-order valence-corrected chi connectivity index (χ0v) is 67.6. The highest BCUT2D eigenvalue weighted by atomic mass is 31.2. The topological polar surface area (TPSA) is 237 Å². The van der Waals surface area contributed by atoms with E-state index in [1.165, 1.54) is 212 Å². The second-order valence-corrected chi connectivity index (χ2v) is 33.7. The van der Waals surface area contributed by atoms with Crippen molar-refractivity contribution in [2.45, 2.75) is 433 Å². The molecule has 6 atom stereocenters. The van der Waals surface area contributed by atoms with Gasteiger partial charge >= 0.3 is 39.5 Å². The summed E-state index contributed by atoms with van der Waals surface area (Å²) in [5.74, 6) is 0.974. The van der Waals surface area contributed by atoms with E-state index in [1.54, 1.807) is 0 Å². The van der Waals surface area contributed by atoms with Gasteiger partial charge in [-0.15, -0.1) is 0 Å². The molecule has 19 heteroatoms. The first-order chi connectivity index (χ1) is 48.1. The Labute approximate surface area is 613 Å². The van der Waals surface area contributed by atoms with E-state index in [9.17, 15) is 43.2 Å². The standard InChI is InChI=1S/C81H158O17P2/c1-9-74(8)60-52-44-39-40-46-54-62-79(84)92-68-77(98-81(86)64-56-48-38-31-25-21-17-16-19-23-28-34-42-50-58-72(4)5)70-96-100(89,90)94-66-75(82)65-93-99(87,88)95-69-76(67-91-78(83)61-53-45-36-32-26-29-35-43-51-59-73(6)7)97-80(85)63-55-47-37-30-24-20-15-13-11-10-12-14-18-22-27-33-41-49-57-71(2)3/h71-77,82H,9-70H2,1-8H3,(H,87,88)(H,89,90)/t74?,75-,76-,77-/m1/s1. The van der Waals surface area contributed by atoms with Gasteiger partial charge in [-0.25, -0.2) is 9.13 Å². The second-order valence-electron chi connectivity index (χ2n) is 30.8. The molecule has 0 aliphatic rings. The lowest BCUT2D eigenvalue weighted by atomic mass is 10.00. The average Bonchev–Trinajstić information content (AvgIpc) is 0.925. The number of phosphoric acid groups is 2. The quantitative estimate of drug-likeness (QED) is 0.0222. The number of hydrogen-bond acceptors (Lipinski definition) is 15. The van der Waals surface area contributed by atoms with Gasteiger partial charge in [0.25, 0.3) is 0 Å². The van der Waals surface area contributed by atoms with Gasteiger partial charge in [0.15, 0.2) is 12.2 Å². The predicted octanol–water partition coefficient (Wildman–Crippen LogP) is 24.0. The summed E-state index contributed by atoms with van der Waals surface area (Å²) in [6.45, 7) is 14.2. The van der Waals surface area contributed by atoms with Crippen LogP contribution in [0.1, 0.15) is 415 Å². The van der Waals surface area contributed by atoms with E-state index < -0.39 is 97.5 Å². The first-order valence-corrected chi connectivity index (χ1v) is 44.7. The van der Waals surface area contributed by atoms with Crippen molar-refractivity contribution in [3.63, 3.8) is 0 Å². The van der Waals surface area contributed by atoms with Gasteiger partial charge in [-0.2, -0.15) is 0 Å². The van der Waals surface area contributed by atoms with E-state index in [0.29, 0.717) is 25.7 Å². The molecule has 3 unspecified atom stereocenters. The van der Waals surface area contributed by atoms with Crippen LogP contribution in [0.25, 0.3) is 0 Å². The number of phosphoric ester groups is 2. The number of esters is 4. The van der Waals surface area contributed by atoms with Crippen molar-refractivity contribution in [1.82, 2.24) is 0 Å². The minimum Gasteiger partial charge on any atom is -0.462 e. The minimum absolute atomic E-state index is 0.106. The van der Waals surface area contributed by atoms with Crippen molar-refractivity contribution >= 4 is 39.5 Å². The van der Waals surface area contributed by atoms with E-state index in [4.69, 9.17) is 37.0 Å². The normalized spacial score (nSPS) is 14.3. The first-order valence-electron chi connectivity index (χ1n) is 41.7. The molecule has 0 bridgehead atoms. The Morgan fingerprint density at radius 2 is 0.480 bits per heavy atom. The van der Waals surface area contributed by atoms with Crippen LogP contribution >= 0.6 is 15.6 Å². The molecule has 0 rings (SSSR count). The Bertz CT molecular complexity index is 1960. The molecule has 594 valence electrons. The second kappa shape index (κ2) is 70.1. The van der Waals surface area contributed by atoms with Crippen molar-refractivity contribution < 1.29 is 80.2 Å². The highest BCUT2D eigenvalue weighted by Crippen LogP contribution is 2.45. The molecule has 0 amide bonds. The smallest absolute Gasteiger partial charge is 0.462 e. The maximum Gasteiger partial charge on any atom is 0.472 e. The summed E-state index contributed by atoms with van der Waals surface area (Å²) in [6, 6.07) is 0. The van der Waals surface area contributed by atoms with Crippen LogP contribution in [0.3, 0.4) is 0 Å². The Kier molecular flexibility index (Phi) is 68.7. The minimum atomic E-state index is -4.96. The Balaban J connectivity index is 5.20. The molecule has 17 nitrogen and oxygen atoms in total. The zero-order chi connectivity index (χ0) is 73.8. The number of unbranched alkanes of at least 4 members (excludes halogenated alkanes) is 43. The Morgan fingerprint density at radius 3 is 0.710 bits per heavy atom. The van der Waals surface area contributed by atoms with Gasteiger partial charge in [0, 0.05) is 25.7 Å². The lowest BCUT2D eigenvalue weighted by Gasteiger charge is -2.21. The first kappa shape index (κ1) is 98.1. The molecule has 0 aliphatic heterocycles. The summed E-state index contributed by atoms with van der Waals surface area (Å²) in [6.07, 6.45) is 57.0. The maximum atomic E-state index is 13.1. The fraction of sp³-hybridized carbons (Fsp3) is 0.951. The molecular weight excluding hydrogens is 1310 g/mol. The molecule has 0 heterocycles. The fourth-order valence-electron chi connectivity index (χ4n) is 12.4. The molecule has 0 aliphatic carbocycles. The van der Waals surface area contributed by atoms with Gasteiger partial charge in [0.1, 0.15) is 19.3 Å². The van der Waals surface area contributed by atoms with Crippen LogP contribution in [0.5, 0.6) is 0 Å². The molecule has 0 aromatic heterocycles. The molecule has 0 saturated heterocycles. The Hall–Kier alpha value is -1.94. The molecule has 100 heavy (non-hydrogen) atoms. The van der Waals surface area contributed by atoms with Crippen LogP contribution < -0.4 is 0 Å². The van der Waals surface area contributed by atoms with E-state index in [-0.39, 0.29) is 25.7 Å². The van der Waals surface area contributed by atoms with Crippen molar-refractivity contribution in [2.24, 2.45) is 23.7 Å². The van der Waals surface area contributed by atoms with Crippen molar-refractivity contribution in [2.75, 3.05) is 39.6 Å². The van der Waals surface area contributed by atoms with E-state index in [2.05, 4.69) is 55.4 Å². The largest absolute Gasteiger partial charge is 0.472 e. The molecule has 0 saturated carbocycles. The van der Waals surface area contributed by atoms with Crippen LogP contribution in [0.15, 0.2) is 0 Å². The van der Waals surface area contributed by atoms with Crippen molar-refractivity contribution in [3.8, 4) is 0 Å². The fourth-order valence-corrected chi connectivity index (χ4v) is 14.0. The highest BCUT2D eigenvalue weighted by molar-refractivity contribution is 7.47.